The molecule has 140 valence electrons. The number of ether oxygens (including phenoxy) is 1. The molecule has 3 rings (SSSR count). The van der Waals surface area contributed by atoms with Gasteiger partial charge in [-0.2, -0.15) is 0 Å². The smallest absolute Gasteiger partial charge is 0.232 e. The molecule has 10 heteroatoms. The normalized spacial score (nSPS) is 24.1. The number of nitrogens with two attached hydrogens (primary N) is 1. The van der Waals surface area contributed by atoms with Gasteiger partial charge in [0.25, 0.3) is 0 Å². The Labute approximate surface area is 155 Å². The summed E-state index contributed by atoms with van der Waals surface area (Å²) in [6.07, 6.45) is 2.93. The van der Waals surface area contributed by atoms with Gasteiger partial charge in [-0.25, -0.2) is 17.8 Å². The highest BCUT2D eigenvalue weighted by atomic mass is 32.2. The van der Waals surface area contributed by atoms with Gasteiger partial charge < -0.3 is 10.5 Å². The number of nitrogens with zero attached hydrogens (tertiary/aromatic N) is 3. The summed E-state index contributed by atoms with van der Waals surface area (Å²) >= 11 is 1.08. The fourth-order valence-corrected chi connectivity index (χ4v) is 5.53. The first-order chi connectivity index (χ1) is 12.0. The number of hydrogen-bond donors (Lipinski definition) is 1. The number of sulfone groups is 1. The van der Waals surface area contributed by atoms with Crippen LogP contribution in [0.3, 0.4) is 0 Å². The molecule has 0 saturated heterocycles. The number of halogens is 1. The van der Waals surface area contributed by atoms with Crippen LogP contribution in [0.25, 0.3) is 10.6 Å². The molecular weight excluding hydrogens is 379 g/mol. The Hall–Kier alpha value is -2.07. The Bertz CT molecular complexity index is 1000. The van der Waals surface area contributed by atoms with Gasteiger partial charge in [0.05, 0.1) is 35.0 Å². The highest BCUT2D eigenvalue weighted by molar-refractivity contribution is 7.93. The topological polar surface area (TPSA) is 108 Å². The van der Waals surface area contributed by atoms with Crippen LogP contribution in [0.5, 0.6) is 5.88 Å². The van der Waals surface area contributed by atoms with Crippen molar-refractivity contribution in [3.05, 3.63) is 29.2 Å². The van der Waals surface area contributed by atoms with Crippen molar-refractivity contribution in [3.8, 4) is 16.5 Å². The molecule has 0 amide bonds. The zero-order chi connectivity index (χ0) is 19.3. The van der Waals surface area contributed by atoms with Crippen molar-refractivity contribution in [2.45, 2.75) is 31.1 Å². The van der Waals surface area contributed by atoms with Crippen LogP contribution < -0.4 is 10.5 Å². The van der Waals surface area contributed by atoms with E-state index in [9.17, 15) is 12.8 Å². The van der Waals surface area contributed by atoms with E-state index in [1.54, 1.807) is 6.92 Å². The molecule has 2 N–H and O–H groups in total. The molecule has 1 aliphatic rings. The van der Waals surface area contributed by atoms with E-state index in [0.29, 0.717) is 16.5 Å². The number of methoxy groups -OCH3 is 1. The van der Waals surface area contributed by atoms with Crippen LogP contribution in [0.2, 0.25) is 0 Å². The van der Waals surface area contributed by atoms with Crippen molar-refractivity contribution >= 4 is 27.0 Å². The molecule has 2 aromatic rings. The van der Waals surface area contributed by atoms with Crippen molar-refractivity contribution < 1.29 is 17.5 Å². The van der Waals surface area contributed by atoms with Gasteiger partial charge >= 0.3 is 0 Å². The monoisotopic (exact) mass is 398 g/mol. The summed E-state index contributed by atoms with van der Waals surface area (Å²) in [7, 11) is -2.15. The summed E-state index contributed by atoms with van der Waals surface area (Å²) in [6, 6.07) is 1.30. The Balaban J connectivity index is 2.11. The van der Waals surface area contributed by atoms with Crippen LogP contribution >= 0.6 is 11.3 Å². The van der Waals surface area contributed by atoms with Gasteiger partial charge in [-0.15, -0.1) is 11.3 Å². The molecule has 0 radical (unpaired) electrons. The van der Waals surface area contributed by atoms with Crippen LogP contribution in [-0.4, -0.2) is 41.8 Å². The molecule has 0 aromatic carbocycles. The minimum absolute atomic E-state index is 0.0261. The summed E-state index contributed by atoms with van der Waals surface area (Å²) < 4.78 is 43.8. The highest BCUT2D eigenvalue weighted by Crippen LogP contribution is 2.43. The van der Waals surface area contributed by atoms with Gasteiger partial charge in [-0.3, -0.25) is 9.98 Å². The number of amidine groups is 1. The predicted octanol–water partition coefficient (Wildman–Crippen LogP) is 2.13. The van der Waals surface area contributed by atoms with Gasteiger partial charge in [0.2, 0.25) is 5.88 Å². The second-order valence-electron chi connectivity index (χ2n) is 6.77. The van der Waals surface area contributed by atoms with Crippen molar-refractivity contribution in [2.24, 2.45) is 10.7 Å². The number of thiophene rings is 1. The second kappa shape index (κ2) is 5.98. The molecule has 7 nitrogen and oxygen atoms in total. The van der Waals surface area contributed by atoms with Gasteiger partial charge in [0, 0.05) is 0 Å². The molecule has 0 aliphatic carbocycles. The summed E-state index contributed by atoms with van der Waals surface area (Å²) in [6.45, 7) is 4.58. The van der Waals surface area contributed by atoms with Crippen LogP contribution in [0.1, 0.15) is 25.6 Å². The molecule has 26 heavy (non-hydrogen) atoms. The number of aliphatic imine (C=N–C) groups is 1. The molecule has 0 spiro atoms. The maximum absolute atomic E-state index is 14.7. The van der Waals surface area contributed by atoms with E-state index in [-0.39, 0.29) is 16.5 Å². The summed E-state index contributed by atoms with van der Waals surface area (Å²) in [5.74, 6) is -0.604. The summed E-state index contributed by atoms with van der Waals surface area (Å²) in [4.78, 5) is 13.3. The zero-order valence-corrected chi connectivity index (χ0v) is 16.4. The van der Waals surface area contributed by atoms with Crippen molar-refractivity contribution in [2.75, 3.05) is 12.9 Å². The maximum Gasteiger partial charge on any atom is 0.232 e. The average Bonchev–Trinajstić information content (AvgIpc) is 2.95. The van der Waals surface area contributed by atoms with Crippen LogP contribution in [-0.2, 0) is 15.4 Å². The maximum atomic E-state index is 14.7. The Morgan fingerprint density at radius 3 is 2.62 bits per heavy atom. The summed E-state index contributed by atoms with van der Waals surface area (Å²) in [5, 5.41) is 0. The standard InChI is InChI=1S/C16H19FN4O3S2/c1-15(2)14(18)21-16(3,8-26(15,22)23)13-9(17)5-11(25-13)10-6-19-7-12(20-10)24-4/h5-7H,8H2,1-4H3,(H2,18,21). The van der Waals surface area contributed by atoms with Crippen LogP contribution in [0, 0.1) is 5.82 Å². The first kappa shape index (κ1) is 18.7. The van der Waals surface area contributed by atoms with E-state index in [1.165, 1.54) is 39.4 Å². The van der Waals surface area contributed by atoms with Gasteiger partial charge in [-0.05, 0) is 26.8 Å². The lowest BCUT2D eigenvalue weighted by Gasteiger charge is -2.37. The first-order valence-corrected chi connectivity index (χ1v) is 10.2. The van der Waals surface area contributed by atoms with Crippen LogP contribution in [0.15, 0.2) is 23.5 Å². The average molecular weight is 398 g/mol. The third-order valence-electron chi connectivity index (χ3n) is 4.48. The molecule has 2 aromatic heterocycles. The van der Waals surface area contributed by atoms with Gasteiger partial charge in [0.1, 0.15) is 27.6 Å². The third-order valence-corrected chi connectivity index (χ3v) is 8.57. The van der Waals surface area contributed by atoms with E-state index in [4.69, 9.17) is 10.5 Å². The Morgan fingerprint density at radius 1 is 1.31 bits per heavy atom. The van der Waals surface area contributed by atoms with Gasteiger partial charge in [0.15, 0.2) is 9.84 Å². The first-order valence-electron chi connectivity index (χ1n) is 7.74. The Morgan fingerprint density at radius 2 is 2.00 bits per heavy atom. The quantitative estimate of drug-likeness (QED) is 0.849. The molecule has 0 saturated carbocycles. The lowest BCUT2D eigenvalue weighted by atomic mass is 10.0. The predicted molar refractivity (Wildman–Crippen MR) is 98.7 cm³/mol. The molecule has 0 bridgehead atoms. The van der Waals surface area contributed by atoms with E-state index in [2.05, 4.69) is 15.0 Å². The van der Waals surface area contributed by atoms with E-state index in [1.807, 2.05) is 0 Å². The fourth-order valence-electron chi connectivity index (χ4n) is 2.69. The largest absolute Gasteiger partial charge is 0.480 e. The SMILES string of the molecule is COc1cncc(-c2cc(F)c(C3(C)CS(=O)(=O)C(C)(C)C(N)=N3)s2)n1. The molecule has 3 heterocycles. The highest BCUT2D eigenvalue weighted by Gasteiger charge is 2.50. The van der Waals surface area contributed by atoms with E-state index >= 15 is 0 Å². The molecule has 1 atom stereocenters. The van der Waals surface area contributed by atoms with Gasteiger partial charge in [-0.1, -0.05) is 0 Å². The zero-order valence-electron chi connectivity index (χ0n) is 14.8. The molecule has 1 aliphatic heterocycles. The van der Waals surface area contributed by atoms with E-state index in [0.717, 1.165) is 11.3 Å². The van der Waals surface area contributed by atoms with Crippen molar-refractivity contribution in [1.29, 1.82) is 0 Å². The van der Waals surface area contributed by atoms with Crippen molar-refractivity contribution in [1.82, 2.24) is 9.97 Å². The lowest BCUT2D eigenvalue weighted by Crippen LogP contribution is -2.54. The number of rotatable bonds is 3. The third kappa shape index (κ3) is 2.86. The minimum atomic E-state index is -3.61. The molecule has 1 unspecified atom stereocenters. The van der Waals surface area contributed by atoms with E-state index < -0.39 is 25.9 Å². The minimum Gasteiger partial charge on any atom is -0.480 e. The number of hydrogen-bond acceptors (Lipinski definition) is 8. The number of aromatic nitrogens is 2. The summed E-state index contributed by atoms with van der Waals surface area (Å²) in [5.41, 5.74) is 5.06. The molecule has 0 fully saturated rings. The van der Waals surface area contributed by atoms with Crippen molar-refractivity contribution in [3.63, 3.8) is 0 Å². The lowest BCUT2D eigenvalue weighted by molar-refractivity contribution is 0.396. The second-order valence-corrected chi connectivity index (χ2v) is 10.4. The van der Waals surface area contributed by atoms with Crippen LogP contribution in [0.4, 0.5) is 4.39 Å². The Kier molecular flexibility index (Phi) is 4.31. The fraction of sp³-hybridized carbons (Fsp3) is 0.438. The molecular formula is C16H19FN4O3S2.